The van der Waals surface area contributed by atoms with Gasteiger partial charge in [0.1, 0.15) is 11.6 Å². The predicted molar refractivity (Wildman–Crippen MR) is 76.2 cm³/mol. The molecule has 0 saturated heterocycles. The van der Waals surface area contributed by atoms with Gasteiger partial charge < -0.3 is 5.32 Å². The van der Waals surface area contributed by atoms with Crippen molar-refractivity contribution in [3.8, 4) is 0 Å². The number of nitrogens with one attached hydrogen (secondary N) is 1. The molecule has 0 radical (unpaired) electrons. The summed E-state index contributed by atoms with van der Waals surface area (Å²) >= 11 is 0. The largest absolute Gasteiger partial charge is 0.380 e. The van der Waals surface area contributed by atoms with Gasteiger partial charge in [0.2, 0.25) is 10.0 Å². The Hall–Kier alpha value is -1.99. The average Bonchev–Trinajstić information content (AvgIpc) is 2.38. The second-order valence-corrected chi connectivity index (χ2v) is 6.14. The van der Waals surface area contributed by atoms with Gasteiger partial charge in [0.15, 0.2) is 0 Å². The van der Waals surface area contributed by atoms with Crippen LogP contribution in [0.1, 0.15) is 11.1 Å². The van der Waals surface area contributed by atoms with Crippen molar-refractivity contribution in [2.24, 2.45) is 5.14 Å². The molecule has 4 nitrogen and oxygen atoms in total. The van der Waals surface area contributed by atoms with Gasteiger partial charge in [0.05, 0.1) is 4.90 Å². The number of primary sulfonamides is 1. The van der Waals surface area contributed by atoms with Crippen LogP contribution in [0.5, 0.6) is 0 Å². The summed E-state index contributed by atoms with van der Waals surface area (Å²) in [5.41, 5.74) is 1.07. The Morgan fingerprint density at radius 3 is 2.33 bits per heavy atom. The summed E-state index contributed by atoms with van der Waals surface area (Å²) in [4.78, 5) is -0.0652. The number of halogens is 2. The fraction of sp³-hybridized carbons (Fsp3) is 0.143. The lowest BCUT2D eigenvalue weighted by atomic mass is 10.1. The number of anilines is 1. The first kappa shape index (κ1) is 15.4. The van der Waals surface area contributed by atoms with Crippen molar-refractivity contribution in [2.75, 3.05) is 5.32 Å². The highest BCUT2D eigenvalue weighted by Gasteiger charge is 2.12. The van der Waals surface area contributed by atoms with Crippen LogP contribution in [0.2, 0.25) is 0 Å². The minimum absolute atomic E-state index is 0.0652. The molecule has 0 atom stereocenters. The van der Waals surface area contributed by atoms with Crippen molar-refractivity contribution in [3.05, 3.63) is 59.2 Å². The van der Waals surface area contributed by atoms with Crippen molar-refractivity contribution in [1.29, 1.82) is 0 Å². The average molecular weight is 312 g/mol. The van der Waals surface area contributed by atoms with Crippen LogP contribution in [0.4, 0.5) is 14.5 Å². The summed E-state index contributed by atoms with van der Waals surface area (Å²) in [5.74, 6) is -1.33. The zero-order valence-corrected chi connectivity index (χ0v) is 12.0. The van der Waals surface area contributed by atoms with Crippen molar-refractivity contribution in [2.45, 2.75) is 18.4 Å². The summed E-state index contributed by atoms with van der Waals surface area (Å²) < 4.78 is 49.7. The molecule has 0 fully saturated rings. The molecule has 0 spiro atoms. The fourth-order valence-corrected chi connectivity index (χ4v) is 2.39. The van der Waals surface area contributed by atoms with E-state index in [4.69, 9.17) is 5.14 Å². The number of rotatable bonds is 4. The van der Waals surface area contributed by atoms with E-state index in [0.717, 1.165) is 17.7 Å². The van der Waals surface area contributed by atoms with Crippen LogP contribution in [0.3, 0.4) is 0 Å². The van der Waals surface area contributed by atoms with E-state index in [2.05, 4.69) is 5.32 Å². The molecule has 0 bridgehead atoms. The molecule has 0 heterocycles. The fourth-order valence-electron chi connectivity index (χ4n) is 1.85. The summed E-state index contributed by atoms with van der Waals surface area (Å²) in [6.45, 7) is 1.64. The van der Waals surface area contributed by atoms with Crippen LogP contribution in [0.15, 0.2) is 41.3 Å². The Balaban J connectivity index is 2.28. The lowest BCUT2D eigenvalue weighted by Crippen LogP contribution is -2.13. The first-order chi connectivity index (χ1) is 9.79. The van der Waals surface area contributed by atoms with E-state index >= 15 is 0 Å². The van der Waals surface area contributed by atoms with Crippen LogP contribution in [0.25, 0.3) is 0 Å². The second-order valence-electron chi connectivity index (χ2n) is 4.58. The molecule has 0 unspecified atom stereocenters. The quantitative estimate of drug-likeness (QED) is 0.911. The Kier molecular flexibility index (Phi) is 4.24. The minimum Gasteiger partial charge on any atom is -0.380 e. The minimum atomic E-state index is -3.83. The van der Waals surface area contributed by atoms with Crippen LogP contribution in [-0.4, -0.2) is 8.42 Å². The second kappa shape index (κ2) is 5.79. The topological polar surface area (TPSA) is 72.2 Å². The number of nitrogens with two attached hydrogens (primary N) is 1. The maximum atomic E-state index is 13.5. The van der Waals surface area contributed by atoms with Gasteiger partial charge in [0.25, 0.3) is 0 Å². The summed E-state index contributed by atoms with van der Waals surface area (Å²) in [6, 6.07) is 7.88. The third kappa shape index (κ3) is 3.56. The Labute approximate surface area is 121 Å². The lowest BCUT2D eigenvalue weighted by molar-refractivity contribution is 0.560. The lowest BCUT2D eigenvalue weighted by Gasteiger charge is -2.12. The van der Waals surface area contributed by atoms with E-state index in [1.807, 2.05) is 0 Å². The molecule has 0 aromatic heterocycles. The molecule has 2 rings (SSSR count). The highest BCUT2D eigenvalue weighted by Crippen LogP contribution is 2.21. The molecule has 3 N–H and O–H groups in total. The number of sulfonamides is 1. The van der Waals surface area contributed by atoms with Crippen LogP contribution >= 0.6 is 0 Å². The SMILES string of the molecule is Cc1ccc(S(N)(=O)=O)cc1NCc1c(F)cccc1F. The van der Waals surface area contributed by atoms with Gasteiger partial charge in [-0.1, -0.05) is 12.1 Å². The maximum Gasteiger partial charge on any atom is 0.238 e. The summed E-state index contributed by atoms with van der Waals surface area (Å²) in [7, 11) is -3.83. The maximum absolute atomic E-state index is 13.5. The van der Waals surface area contributed by atoms with Gasteiger partial charge in [-0.2, -0.15) is 0 Å². The molecule has 2 aromatic carbocycles. The molecular formula is C14H14F2N2O2S. The van der Waals surface area contributed by atoms with E-state index in [1.165, 1.54) is 18.2 Å². The molecule has 0 amide bonds. The predicted octanol–water partition coefficient (Wildman–Crippen LogP) is 2.53. The molecule has 0 aliphatic rings. The molecule has 21 heavy (non-hydrogen) atoms. The van der Waals surface area contributed by atoms with Gasteiger partial charge in [-0.15, -0.1) is 0 Å². The first-order valence-corrected chi connectivity index (χ1v) is 7.64. The zero-order chi connectivity index (χ0) is 15.6. The smallest absolute Gasteiger partial charge is 0.238 e. The van der Waals surface area contributed by atoms with Gasteiger partial charge >= 0.3 is 0 Å². The number of benzene rings is 2. The molecule has 0 aliphatic carbocycles. The normalized spacial score (nSPS) is 11.4. The molecule has 7 heteroatoms. The molecule has 0 saturated carbocycles. The third-order valence-electron chi connectivity index (χ3n) is 3.05. The Morgan fingerprint density at radius 1 is 1.14 bits per heavy atom. The van der Waals surface area contributed by atoms with Crippen LogP contribution in [-0.2, 0) is 16.6 Å². The van der Waals surface area contributed by atoms with Crippen molar-refractivity contribution < 1.29 is 17.2 Å². The van der Waals surface area contributed by atoms with E-state index in [-0.39, 0.29) is 17.0 Å². The van der Waals surface area contributed by atoms with E-state index in [1.54, 1.807) is 13.0 Å². The van der Waals surface area contributed by atoms with Gasteiger partial charge in [-0.3, -0.25) is 0 Å². The Morgan fingerprint density at radius 2 is 1.76 bits per heavy atom. The third-order valence-corrected chi connectivity index (χ3v) is 3.97. The zero-order valence-electron chi connectivity index (χ0n) is 11.2. The first-order valence-electron chi connectivity index (χ1n) is 6.09. The van der Waals surface area contributed by atoms with Gasteiger partial charge in [-0.25, -0.2) is 22.3 Å². The standard InChI is InChI=1S/C14H14F2N2O2S/c1-9-5-6-10(21(17,19)20)7-14(9)18-8-11-12(15)3-2-4-13(11)16/h2-7,18H,8H2,1H3,(H2,17,19,20). The van der Waals surface area contributed by atoms with Gasteiger partial charge in [-0.05, 0) is 36.8 Å². The van der Waals surface area contributed by atoms with Crippen molar-refractivity contribution in [3.63, 3.8) is 0 Å². The highest BCUT2D eigenvalue weighted by atomic mass is 32.2. The van der Waals surface area contributed by atoms with E-state index in [0.29, 0.717) is 5.69 Å². The van der Waals surface area contributed by atoms with E-state index in [9.17, 15) is 17.2 Å². The molecule has 0 aliphatic heterocycles. The van der Waals surface area contributed by atoms with Crippen molar-refractivity contribution in [1.82, 2.24) is 0 Å². The molecular weight excluding hydrogens is 298 g/mol. The number of hydrogen-bond donors (Lipinski definition) is 2. The Bertz CT molecular complexity index is 756. The highest BCUT2D eigenvalue weighted by molar-refractivity contribution is 7.89. The summed E-state index contributed by atoms with van der Waals surface area (Å²) in [5, 5.41) is 7.88. The monoisotopic (exact) mass is 312 g/mol. The van der Waals surface area contributed by atoms with E-state index < -0.39 is 21.7 Å². The van der Waals surface area contributed by atoms with Crippen molar-refractivity contribution >= 4 is 15.7 Å². The molecule has 2 aromatic rings. The van der Waals surface area contributed by atoms with Gasteiger partial charge in [0, 0.05) is 17.8 Å². The van der Waals surface area contributed by atoms with Crippen LogP contribution < -0.4 is 10.5 Å². The number of hydrogen-bond acceptors (Lipinski definition) is 3. The summed E-state index contributed by atoms with van der Waals surface area (Å²) in [6.07, 6.45) is 0. The van der Waals surface area contributed by atoms with Crippen LogP contribution in [0, 0.1) is 18.6 Å². The number of aryl methyl sites for hydroxylation is 1. The molecule has 112 valence electrons.